The van der Waals surface area contributed by atoms with Crippen LogP contribution in [-0.4, -0.2) is 26.2 Å². The van der Waals surface area contributed by atoms with Crippen LogP contribution in [0, 0.1) is 5.41 Å². The number of carbonyl (C=O) groups is 2. The van der Waals surface area contributed by atoms with E-state index in [2.05, 4.69) is 6.58 Å². The normalized spacial score (nSPS) is 11.1. The van der Waals surface area contributed by atoms with Gasteiger partial charge in [0.15, 0.2) is 5.41 Å². The lowest BCUT2D eigenvalue weighted by Gasteiger charge is -2.25. The molecule has 1 rings (SSSR count). The highest BCUT2D eigenvalue weighted by Gasteiger charge is 2.46. The molecule has 0 heterocycles. The first kappa shape index (κ1) is 16.7. The molecule has 0 unspecified atom stereocenters. The van der Waals surface area contributed by atoms with Gasteiger partial charge in [-0.05, 0) is 18.4 Å². The van der Waals surface area contributed by atoms with E-state index in [9.17, 15) is 9.59 Å². The zero-order chi connectivity index (χ0) is 15.7. The second-order valence-electron chi connectivity index (χ2n) is 4.58. The summed E-state index contributed by atoms with van der Waals surface area (Å²) in [6.07, 6.45) is 5.49. The van der Waals surface area contributed by atoms with Crippen LogP contribution in [0.5, 0.6) is 0 Å². The fourth-order valence-corrected chi connectivity index (χ4v) is 2.10. The van der Waals surface area contributed by atoms with E-state index in [1.165, 1.54) is 20.3 Å². The summed E-state index contributed by atoms with van der Waals surface area (Å²) < 4.78 is 9.55. The van der Waals surface area contributed by atoms with Crippen LogP contribution >= 0.6 is 0 Å². The Morgan fingerprint density at radius 1 is 1.10 bits per heavy atom. The molecule has 0 bridgehead atoms. The Morgan fingerprint density at radius 2 is 1.67 bits per heavy atom. The van der Waals surface area contributed by atoms with Crippen LogP contribution in [0.4, 0.5) is 0 Å². The van der Waals surface area contributed by atoms with Gasteiger partial charge in [0.05, 0.1) is 14.2 Å². The van der Waals surface area contributed by atoms with Gasteiger partial charge in [-0.3, -0.25) is 9.59 Å². The van der Waals surface area contributed by atoms with E-state index in [4.69, 9.17) is 9.47 Å². The van der Waals surface area contributed by atoms with Crippen molar-refractivity contribution < 1.29 is 19.1 Å². The molecule has 21 heavy (non-hydrogen) atoms. The van der Waals surface area contributed by atoms with Gasteiger partial charge in [0.2, 0.25) is 0 Å². The maximum Gasteiger partial charge on any atom is 0.323 e. The number of esters is 2. The molecule has 0 aliphatic rings. The minimum atomic E-state index is -1.38. The molecule has 112 valence electrons. The van der Waals surface area contributed by atoms with Crippen LogP contribution in [0.2, 0.25) is 0 Å². The standard InChI is InChI=1S/C17H20O4/c1-4-12-17(15(18)20-2,16(19)21-3)13-8-11-14-9-6-5-7-10-14/h4-11H,1,12-13H2,2-3H3/b11-8-. The molecule has 0 radical (unpaired) electrons. The van der Waals surface area contributed by atoms with E-state index < -0.39 is 17.4 Å². The third-order valence-corrected chi connectivity index (χ3v) is 3.22. The van der Waals surface area contributed by atoms with Gasteiger partial charge in [-0.15, -0.1) is 6.58 Å². The summed E-state index contributed by atoms with van der Waals surface area (Å²) in [6.45, 7) is 3.61. The Morgan fingerprint density at radius 3 is 2.14 bits per heavy atom. The minimum absolute atomic E-state index is 0.158. The van der Waals surface area contributed by atoms with E-state index in [-0.39, 0.29) is 12.8 Å². The zero-order valence-electron chi connectivity index (χ0n) is 12.4. The van der Waals surface area contributed by atoms with Crippen molar-refractivity contribution in [3.05, 3.63) is 54.6 Å². The molecule has 0 N–H and O–H groups in total. The monoisotopic (exact) mass is 288 g/mol. The number of methoxy groups -OCH3 is 2. The van der Waals surface area contributed by atoms with Crippen LogP contribution in [-0.2, 0) is 19.1 Å². The van der Waals surface area contributed by atoms with E-state index in [1.807, 2.05) is 36.4 Å². The number of carbonyl (C=O) groups excluding carboxylic acids is 2. The van der Waals surface area contributed by atoms with Gasteiger partial charge in [0.1, 0.15) is 0 Å². The first-order chi connectivity index (χ1) is 10.1. The lowest BCUT2D eigenvalue weighted by atomic mass is 9.80. The number of benzene rings is 1. The predicted octanol–water partition coefficient (Wildman–Crippen LogP) is 3.00. The number of hydrogen-bond donors (Lipinski definition) is 0. The second kappa shape index (κ2) is 8.04. The molecular weight excluding hydrogens is 268 g/mol. The van der Waals surface area contributed by atoms with Gasteiger partial charge >= 0.3 is 11.9 Å². The second-order valence-corrected chi connectivity index (χ2v) is 4.58. The van der Waals surface area contributed by atoms with Crippen molar-refractivity contribution in [1.29, 1.82) is 0 Å². The third kappa shape index (κ3) is 4.05. The fourth-order valence-electron chi connectivity index (χ4n) is 2.10. The number of hydrogen-bond acceptors (Lipinski definition) is 4. The SMILES string of the molecule is C=CCC(C/C=C\c1ccccc1)(C(=O)OC)C(=O)OC. The van der Waals surface area contributed by atoms with E-state index in [0.717, 1.165) is 5.56 Å². The third-order valence-electron chi connectivity index (χ3n) is 3.22. The summed E-state index contributed by atoms with van der Waals surface area (Å²) >= 11 is 0. The van der Waals surface area contributed by atoms with Gasteiger partial charge in [-0.25, -0.2) is 0 Å². The van der Waals surface area contributed by atoms with Crippen molar-refractivity contribution in [2.45, 2.75) is 12.8 Å². The van der Waals surface area contributed by atoms with Gasteiger partial charge < -0.3 is 9.47 Å². The molecule has 0 spiro atoms. The molecule has 0 fully saturated rings. The lowest BCUT2D eigenvalue weighted by Crippen LogP contribution is -2.40. The molecule has 1 aromatic rings. The smallest absolute Gasteiger partial charge is 0.323 e. The van der Waals surface area contributed by atoms with Crippen LogP contribution in [0.3, 0.4) is 0 Å². The van der Waals surface area contributed by atoms with Gasteiger partial charge in [0.25, 0.3) is 0 Å². The minimum Gasteiger partial charge on any atom is -0.468 e. The Bertz CT molecular complexity index is 501. The summed E-state index contributed by atoms with van der Waals surface area (Å²) in [7, 11) is 2.51. The quantitative estimate of drug-likeness (QED) is 0.440. The summed E-state index contributed by atoms with van der Waals surface area (Å²) in [5.41, 5.74) is -0.393. The van der Waals surface area contributed by atoms with E-state index in [0.29, 0.717) is 0 Å². The van der Waals surface area contributed by atoms with Crippen molar-refractivity contribution in [1.82, 2.24) is 0 Å². The molecule has 0 aliphatic carbocycles. The van der Waals surface area contributed by atoms with Gasteiger partial charge in [0, 0.05) is 0 Å². The molecule has 0 aliphatic heterocycles. The molecule has 0 saturated heterocycles. The zero-order valence-corrected chi connectivity index (χ0v) is 12.4. The molecule has 0 saturated carbocycles. The first-order valence-corrected chi connectivity index (χ1v) is 6.60. The summed E-state index contributed by atoms with van der Waals surface area (Å²) in [5, 5.41) is 0. The van der Waals surface area contributed by atoms with Crippen LogP contribution in [0.1, 0.15) is 18.4 Å². The van der Waals surface area contributed by atoms with E-state index >= 15 is 0 Å². The van der Waals surface area contributed by atoms with Crippen LogP contribution < -0.4 is 0 Å². The Balaban J connectivity index is 3.01. The average molecular weight is 288 g/mol. The van der Waals surface area contributed by atoms with Gasteiger partial charge in [-0.2, -0.15) is 0 Å². The maximum absolute atomic E-state index is 12.1. The molecule has 0 amide bonds. The molecule has 4 nitrogen and oxygen atoms in total. The molecule has 4 heteroatoms. The van der Waals surface area contributed by atoms with Crippen molar-refractivity contribution in [3.63, 3.8) is 0 Å². The number of ether oxygens (including phenoxy) is 2. The molecule has 0 aromatic heterocycles. The van der Waals surface area contributed by atoms with Crippen molar-refractivity contribution >= 4 is 18.0 Å². The van der Waals surface area contributed by atoms with Gasteiger partial charge in [-0.1, -0.05) is 48.6 Å². The van der Waals surface area contributed by atoms with Crippen molar-refractivity contribution in [2.75, 3.05) is 14.2 Å². The largest absolute Gasteiger partial charge is 0.468 e. The Kier molecular flexibility index (Phi) is 6.40. The summed E-state index contributed by atoms with van der Waals surface area (Å²) in [6, 6.07) is 9.61. The maximum atomic E-state index is 12.1. The molecule has 1 aromatic carbocycles. The summed E-state index contributed by atoms with van der Waals surface area (Å²) in [5.74, 6) is -1.24. The van der Waals surface area contributed by atoms with Crippen molar-refractivity contribution in [3.8, 4) is 0 Å². The Labute approximate surface area is 125 Å². The molecule has 0 atom stereocenters. The van der Waals surface area contributed by atoms with Crippen molar-refractivity contribution in [2.24, 2.45) is 5.41 Å². The topological polar surface area (TPSA) is 52.6 Å². The van der Waals surface area contributed by atoms with Crippen LogP contribution in [0.15, 0.2) is 49.1 Å². The highest BCUT2D eigenvalue weighted by Crippen LogP contribution is 2.31. The number of allylic oxidation sites excluding steroid dienone is 2. The van der Waals surface area contributed by atoms with E-state index in [1.54, 1.807) is 6.08 Å². The number of rotatable bonds is 7. The fraction of sp³-hybridized carbons (Fsp3) is 0.294. The summed E-state index contributed by atoms with van der Waals surface area (Å²) in [4.78, 5) is 24.1. The predicted molar refractivity (Wildman–Crippen MR) is 81.4 cm³/mol. The lowest BCUT2D eigenvalue weighted by molar-refractivity contribution is -0.168. The highest BCUT2D eigenvalue weighted by atomic mass is 16.5. The highest BCUT2D eigenvalue weighted by molar-refractivity contribution is 6.00. The Hall–Kier alpha value is -2.36. The van der Waals surface area contributed by atoms with Crippen LogP contribution in [0.25, 0.3) is 6.08 Å². The first-order valence-electron chi connectivity index (χ1n) is 6.60. The molecular formula is C17H20O4. The average Bonchev–Trinajstić information content (AvgIpc) is 2.53.